The van der Waals surface area contributed by atoms with Crippen LogP contribution in [0, 0.1) is 23.2 Å². The van der Waals surface area contributed by atoms with Gasteiger partial charge in [0, 0.05) is 48.7 Å². The van der Waals surface area contributed by atoms with Gasteiger partial charge in [0.25, 0.3) is 5.91 Å². The summed E-state index contributed by atoms with van der Waals surface area (Å²) in [7, 11) is 1.72. The van der Waals surface area contributed by atoms with E-state index in [0.717, 1.165) is 22.4 Å². The molecule has 1 aromatic heterocycles. The maximum absolute atomic E-state index is 13.3. The number of halogens is 2. The van der Waals surface area contributed by atoms with Crippen molar-refractivity contribution in [1.82, 2.24) is 19.4 Å². The Morgan fingerprint density at radius 1 is 1.16 bits per heavy atom. The highest BCUT2D eigenvalue weighted by atomic mass is 19.3. The molecule has 1 fully saturated rings. The monoisotopic (exact) mass is 518 g/mol. The van der Waals surface area contributed by atoms with Crippen LogP contribution in [0.25, 0.3) is 11.0 Å². The first-order valence-electron chi connectivity index (χ1n) is 12.7. The summed E-state index contributed by atoms with van der Waals surface area (Å²) < 4.78 is 33.5. The van der Waals surface area contributed by atoms with E-state index >= 15 is 0 Å². The van der Waals surface area contributed by atoms with Gasteiger partial charge in [-0.15, -0.1) is 0 Å². The smallest absolute Gasteiger partial charge is 0.387 e. The molecule has 0 aliphatic carbocycles. The number of ether oxygens (including phenoxy) is 1. The second-order valence-corrected chi connectivity index (χ2v) is 11.2. The molecule has 7 nitrogen and oxygen atoms in total. The Morgan fingerprint density at radius 2 is 1.92 bits per heavy atom. The minimum atomic E-state index is -3.00. The van der Waals surface area contributed by atoms with E-state index in [9.17, 15) is 18.4 Å². The lowest BCUT2D eigenvalue weighted by molar-refractivity contribution is -0.144. The van der Waals surface area contributed by atoms with Crippen LogP contribution in [0.3, 0.4) is 0 Å². The Morgan fingerprint density at radius 3 is 2.63 bits per heavy atom. The maximum Gasteiger partial charge on any atom is 0.387 e. The number of carbonyl (C=O) groups excluding carboxylic acids is 2. The predicted molar refractivity (Wildman–Crippen MR) is 137 cm³/mol. The number of alkyl halides is 2. The zero-order valence-electron chi connectivity index (χ0n) is 21.7. The molecule has 2 atom stereocenters. The van der Waals surface area contributed by atoms with E-state index in [1.807, 2.05) is 48.4 Å². The summed E-state index contributed by atoms with van der Waals surface area (Å²) in [5, 5.41) is 0. The van der Waals surface area contributed by atoms with Gasteiger partial charge in [-0.2, -0.15) is 8.78 Å². The van der Waals surface area contributed by atoms with Crippen LogP contribution in [-0.2, 0) is 4.79 Å². The first kappa shape index (κ1) is 24.4. The number of carbonyl (C=O) groups is 2. The fraction of sp³-hybridized carbons (Fsp3) is 0.414. The zero-order chi connectivity index (χ0) is 26.9. The number of amides is 2. The molecule has 196 valence electrons. The SMILES string of the molecule is CN1C(=O)c2cccc(OC(F)F)c2C2CC1c1nc3ccc(C#CC4CN(C(=O)C(C)(C)C)C4)cc3n12. The molecule has 0 radical (unpaired) electrons. The fourth-order valence-electron chi connectivity index (χ4n) is 5.75. The molecule has 4 heterocycles. The van der Waals surface area contributed by atoms with Crippen LogP contribution < -0.4 is 4.74 Å². The molecule has 2 bridgehead atoms. The third-order valence-corrected chi connectivity index (χ3v) is 7.64. The van der Waals surface area contributed by atoms with Gasteiger partial charge in [-0.3, -0.25) is 9.59 Å². The average Bonchev–Trinajstić information content (AvgIpc) is 3.35. The third kappa shape index (κ3) is 3.82. The summed E-state index contributed by atoms with van der Waals surface area (Å²) in [6.45, 7) is 4.00. The standard InChI is InChI=1S/C29H28F2N4O3/c1-29(2,3)27(37)34-14-17(15-34)9-8-16-10-11-19-20(12-16)35-21-13-22(25(35)32-19)33(4)26(36)18-6-5-7-23(24(18)21)38-28(30)31/h5-7,10-12,17,21-22,28H,13-15H2,1-4H3. The van der Waals surface area contributed by atoms with E-state index in [0.29, 0.717) is 30.6 Å². The van der Waals surface area contributed by atoms with E-state index < -0.39 is 12.0 Å². The van der Waals surface area contributed by atoms with Crippen molar-refractivity contribution in [2.75, 3.05) is 20.1 Å². The Bertz CT molecular complexity index is 1540. The van der Waals surface area contributed by atoms with Crippen LogP contribution in [0.1, 0.15) is 66.6 Å². The Labute approximate surface area is 219 Å². The molecule has 0 spiro atoms. The quantitative estimate of drug-likeness (QED) is 0.465. The lowest BCUT2D eigenvalue weighted by Crippen LogP contribution is -2.53. The zero-order valence-corrected chi connectivity index (χ0v) is 21.7. The van der Waals surface area contributed by atoms with E-state index in [1.54, 1.807) is 24.1 Å². The Balaban J connectivity index is 1.36. The molecule has 2 amide bonds. The summed E-state index contributed by atoms with van der Waals surface area (Å²) in [6.07, 6.45) is 0.521. The third-order valence-electron chi connectivity index (χ3n) is 7.64. The van der Waals surface area contributed by atoms with Crippen molar-refractivity contribution in [2.45, 2.75) is 45.9 Å². The highest BCUT2D eigenvalue weighted by molar-refractivity contribution is 5.98. The van der Waals surface area contributed by atoms with Crippen molar-refractivity contribution in [3.63, 3.8) is 0 Å². The number of likely N-dealkylation sites (tertiary alicyclic amines) is 1. The number of nitrogens with zero attached hydrogens (tertiary/aromatic N) is 4. The van der Waals surface area contributed by atoms with Crippen molar-refractivity contribution < 1.29 is 23.1 Å². The largest absolute Gasteiger partial charge is 0.434 e. The minimum absolute atomic E-state index is 0.00916. The lowest BCUT2D eigenvalue weighted by Gasteiger charge is -2.40. The fourth-order valence-corrected chi connectivity index (χ4v) is 5.75. The number of imidazole rings is 1. The molecule has 2 unspecified atom stereocenters. The average molecular weight is 519 g/mol. The highest BCUT2D eigenvalue weighted by Gasteiger charge is 2.45. The molecule has 3 aliphatic rings. The summed E-state index contributed by atoms with van der Waals surface area (Å²) >= 11 is 0. The van der Waals surface area contributed by atoms with E-state index in [4.69, 9.17) is 9.72 Å². The molecule has 2 aromatic carbocycles. The first-order chi connectivity index (χ1) is 18.0. The van der Waals surface area contributed by atoms with Crippen LogP contribution in [0.4, 0.5) is 8.78 Å². The molecule has 9 heteroatoms. The predicted octanol–water partition coefficient (Wildman–Crippen LogP) is 4.61. The minimum Gasteiger partial charge on any atom is -0.434 e. The maximum atomic E-state index is 13.3. The van der Waals surface area contributed by atoms with Crippen LogP contribution in [0.2, 0.25) is 0 Å². The Hall–Kier alpha value is -3.93. The van der Waals surface area contributed by atoms with E-state index in [2.05, 4.69) is 11.8 Å². The normalized spacial score (nSPS) is 20.6. The second-order valence-electron chi connectivity index (χ2n) is 11.2. The van der Waals surface area contributed by atoms with Gasteiger partial charge in [0.1, 0.15) is 11.6 Å². The summed E-state index contributed by atoms with van der Waals surface area (Å²) in [5.41, 5.74) is 2.81. The van der Waals surface area contributed by atoms with Gasteiger partial charge in [0.2, 0.25) is 5.91 Å². The summed E-state index contributed by atoms with van der Waals surface area (Å²) in [5.74, 6) is 7.27. The molecule has 0 N–H and O–H groups in total. The number of hydrogen-bond donors (Lipinski definition) is 0. The molecule has 1 saturated heterocycles. The number of hydrogen-bond acceptors (Lipinski definition) is 4. The van der Waals surface area contributed by atoms with E-state index in [-0.39, 0.29) is 35.6 Å². The van der Waals surface area contributed by atoms with Crippen LogP contribution >= 0.6 is 0 Å². The van der Waals surface area contributed by atoms with Crippen molar-refractivity contribution in [3.8, 4) is 17.6 Å². The van der Waals surface area contributed by atoms with Gasteiger partial charge in [0.15, 0.2) is 0 Å². The number of aromatic nitrogens is 2. The van der Waals surface area contributed by atoms with Crippen LogP contribution in [-0.4, -0.2) is 57.9 Å². The number of rotatable bonds is 2. The van der Waals surface area contributed by atoms with Gasteiger partial charge in [0.05, 0.1) is 29.0 Å². The van der Waals surface area contributed by atoms with Gasteiger partial charge < -0.3 is 19.1 Å². The molecule has 38 heavy (non-hydrogen) atoms. The Kier molecular flexibility index (Phi) is 5.49. The number of fused-ring (bicyclic) bond motifs is 9. The molecule has 0 saturated carbocycles. The lowest BCUT2D eigenvalue weighted by atomic mass is 9.90. The van der Waals surface area contributed by atoms with E-state index in [1.165, 1.54) is 6.07 Å². The van der Waals surface area contributed by atoms with Gasteiger partial charge in [-0.1, -0.05) is 38.7 Å². The first-order valence-corrected chi connectivity index (χ1v) is 12.7. The number of benzene rings is 2. The van der Waals surface area contributed by atoms with Crippen molar-refractivity contribution in [2.24, 2.45) is 11.3 Å². The second kappa shape index (κ2) is 8.55. The van der Waals surface area contributed by atoms with Crippen molar-refractivity contribution in [1.29, 1.82) is 0 Å². The molecule has 6 rings (SSSR count). The summed E-state index contributed by atoms with van der Waals surface area (Å²) in [6, 6.07) is 9.81. The molecular formula is C29H28F2N4O3. The van der Waals surface area contributed by atoms with Gasteiger partial charge >= 0.3 is 6.61 Å². The molecule has 3 aromatic rings. The highest BCUT2D eigenvalue weighted by Crippen LogP contribution is 2.50. The van der Waals surface area contributed by atoms with Crippen molar-refractivity contribution >= 4 is 22.8 Å². The van der Waals surface area contributed by atoms with Crippen LogP contribution in [0.15, 0.2) is 36.4 Å². The van der Waals surface area contributed by atoms with Crippen LogP contribution in [0.5, 0.6) is 5.75 Å². The van der Waals surface area contributed by atoms with Crippen molar-refractivity contribution in [3.05, 3.63) is 58.9 Å². The van der Waals surface area contributed by atoms with Gasteiger partial charge in [-0.25, -0.2) is 4.98 Å². The molecular weight excluding hydrogens is 490 g/mol. The summed E-state index contributed by atoms with van der Waals surface area (Å²) in [4.78, 5) is 34.0. The molecule has 3 aliphatic heterocycles. The topological polar surface area (TPSA) is 67.7 Å². The van der Waals surface area contributed by atoms with Gasteiger partial charge in [-0.05, 0) is 30.3 Å².